The predicted octanol–water partition coefficient (Wildman–Crippen LogP) is 3.13. The van der Waals surface area contributed by atoms with E-state index in [4.69, 9.17) is 10.5 Å². The summed E-state index contributed by atoms with van der Waals surface area (Å²) >= 11 is 2.59. The van der Waals surface area contributed by atoms with E-state index in [-0.39, 0.29) is 17.7 Å². The summed E-state index contributed by atoms with van der Waals surface area (Å²) in [7, 11) is 1.63. The minimum absolute atomic E-state index is 0.0894. The summed E-state index contributed by atoms with van der Waals surface area (Å²) in [5.41, 5.74) is 7.55. The maximum absolute atomic E-state index is 12.5. The quantitative estimate of drug-likeness (QED) is 0.607. The Bertz CT molecular complexity index is 853. The van der Waals surface area contributed by atoms with Crippen molar-refractivity contribution in [1.82, 2.24) is 15.5 Å². The maximum atomic E-state index is 12.5. The fourth-order valence-corrected chi connectivity index (χ4v) is 3.86. The van der Waals surface area contributed by atoms with Crippen LogP contribution in [-0.4, -0.2) is 29.0 Å². The van der Waals surface area contributed by atoms with Crippen molar-refractivity contribution in [1.29, 1.82) is 0 Å². The van der Waals surface area contributed by atoms with Gasteiger partial charge in [0.25, 0.3) is 0 Å². The molecule has 6 nitrogen and oxygen atoms in total. The van der Waals surface area contributed by atoms with E-state index < -0.39 is 0 Å². The number of rotatable bonds is 7. The zero-order chi connectivity index (χ0) is 18.4. The topological polar surface area (TPSA) is 90.1 Å². The van der Waals surface area contributed by atoms with Crippen molar-refractivity contribution in [2.45, 2.75) is 10.4 Å². The smallest absolute Gasteiger partial charge is 0.231 e. The highest BCUT2D eigenvalue weighted by molar-refractivity contribution is 8.01. The highest BCUT2D eigenvalue weighted by Crippen LogP contribution is 2.26. The first-order chi connectivity index (χ1) is 12.7. The van der Waals surface area contributed by atoms with Crippen molar-refractivity contribution in [3.63, 3.8) is 0 Å². The van der Waals surface area contributed by atoms with Crippen LogP contribution in [-0.2, 0) is 4.79 Å². The lowest BCUT2D eigenvalue weighted by Crippen LogP contribution is -2.30. The highest BCUT2D eigenvalue weighted by atomic mass is 32.2. The Labute approximate surface area is 159 Å². The van der Waals surface area contributed by atoms with E-state index in [9.17, 15) is 4.79 Å². The van der Waals surface area contributed by atoms with Gasteiger partial charge in [-0.1, -0.05) is 65.6 Å². The molecule has 0 aliphatic rings. The number of hydrogen-bond acceptors (Lipinski definition) is 7. The lowest BCUT2D eigenvalue weighted by Gasteiger charge is -2.20. The van der Waals surface area contributed by atoms with Crippen LogP contribution in [0.25, 0.3) is 0 Å². The number of nitrogens with zero attached hydrogens (tertiary/aromatic N) is 2. The number of methoxy groups -OCH3 is 1. The van der Waals surface area contributed by atoms with Crippen LogP contribution in [0.4, 0.5) is 5.13 Å². The summed E-state index contributed by atoms with van der Waals surface area (Å²) in [5.74, 6) is 0.929. The molecule has 0 saturated carbocycles. The number of hydrogen-bond donors (Lipinski definition) is 2. The van der Waals surface area contributed by atoms with Gasteiger partial charge in [0.1, 0.15) is 5.75 Å². The van der Waals surface area contributed by atoms with Gasteiger partial charge in [0.15, 0.2) is 4.34 Å². The molecular formula is C18H18N4O2S2. The summed E-state index contributed by atoms with van der Waals surface area (Å²) < 4.78 is 5.89. The first-order valence-corrected chi connectivity index (χ1v) is 9.66. The third-order valence-corrected chi connectivity index (χ3v) is 5.52. The van der Waals surface area contributed by atoms with E-state index in [1.165, 1.54) is 23.1 Å². The fraction of sp³-hybridized carbons (Fsp3) is 0.167. The number of nitrogens with two attached hydrogens (primary N) is 1. The van der Waals surface area contributed by atoms with E-state index in [0.29, 0.717) is 9.47 Å². The molecule has 0 radical (unpaired) electrons. The molecule has 3 aromatic rings. The normalized spacial score (nSPS) is 11.7. The highest BCUT2D eigenvalue weighted by Gasteiger charge is 2.17. The second-order valence-electron chi connectivity index (χ2n) is 5.38. The van der Waals surface area contributed by atoms with Crippen molar-refractivity contribution in [3.05, 3.63) is 65.7 Å². The zero-order valence-corrected chi connectivity index (χ0v) is 15.7. The van der Waals surface area contributed by atoms with Gasteiger partial charge < -0.3 is 15.8 Å². The number of anilines is 1. The molecule has 1 aromatic heterocycles. The van der Waals surface area contributed by atoms with Crippen LogP contribution >= 0.6 is 23.1 Å². The van der Waals surface area contributed by atoms with Crippen molar-refractivity contribution in [2.24, 2.45) is 0 Å². The average molecular weight is 387 g/mol. The number of nitrogen functional groups attached to an aromatic ring is 1. The Kier molecular flexibility index (Phi) is 6.08. The molecule has 134 valence electrons. The van der Waals surface area contributed by atoms with E-state index >= 15 is 0 Å². The van der Waals surface area contributed by atoms with E-state index in [2.05, 4.69) is 15.5 Å². The molecule has 1 atom stereocenters. The van der Waals surface area contributed by atoms with Gasteiger partial charge in [0.2, 0.25) is 11.0 Å². The van der Waals surface area contributed by atoms with Gasteiger partial charge in [-0.3, -0.25) is 4.79 Å². The van der Waals surface area contributed by atoms with Crippen molar-refractivity contribution in [2.75, 3.05) is 18.6 Å². The van der Waals surface area contributed by atoms with Gasteiger partial charge in [-0.25, -0.2) is 0 Å². The lowest BCUT2D eigenvalue weighted by molar-refractivity contribution is -0.119. The molecule has 0 spiro atoms. The van der Waals surface area contributed by atoms with Crippen LogP contribution in [0.5, 0.6) is 5.75 Å². The van der Waals surface area contributed by atoms with E-state index in [1.807, 2.05) is 54.6 Å². The third kappa shape index (κ3) is 4.74. The number of nitrogens with one attached hydrogen (secondary N) is 1. The monoisotopic (exact) mass is 386 g/mol. The average Bonchev–Trinajstić information content (AvgIpc) is 3.10. The van der Waals surface area contributed by atoms with Crippen molar-refractivity contribution < 1.29 is 9.53 Å². The molecule has 2 aromatic carbocycles. The summed E-state index contributed by atoms with van der Waals surface area (Å²) in [6.07, 6.45) is 0. The zero-order valence-electron chi connectivity index (χ0n) is 14.1. The Morgan fingerprint density at radius 3 is 2.46 bits per heavy atom. The van der Waals surface area contributed by atoms with Crippen LogP contribution in [0.2, 0.25) is 0 Å². The summed E-state index contributed by atoms with van der Waals surface area (Å²) in [5, 5.41) is 11.1. The van der Waals surface area contributed by atoms with Gasteiger partial charge in [-0.15, -0.1) is 10.2 Å². The fourth-order valence-electron chi connectivity index (χ4n) is 2.41. The Morgan fingerprint density at radius 1 is 1.15 bits per heavy atom. The van der Waals surface area contributed by atoms with Crippen LogP contribution in [0.15, 0.2) is 58.9 Å². The molecular weight excluding hydrogens is 368 g/mol. The number of benzene rings is 2. The van der Waals surface area contributed by atoms with Crippen LogP contribution < -0.4 is 15.8 Å². The Hall–Kier alpha value is -2.58. The summed E-state index contributed by atoms with van der Waals surface area (Å²) in [6, 6.07) is 17.3. The molecule has 0 aliphatic carbocycles. The largest absolute Gasteiger partial charge is 0.497 e. The maximum Gasteiger partial charge on any atom is 0.231 e. The Morgan fingerprint density at radius 2 is 1.85 bits per heavy atom. The first kappa shape index (κ1) is 18.2. The standard InChI is InChI=1S/C18H18N4O2S2/c1-24-14-9-7-13(8-10-14)16(12-5-3-2-4-6-12)20-15(23)11-25-18-22-21-17(19)26-18/h2-10,16H,11H2,1H3,(H2,19,21)(H,20,23)/t16-/m0/s1. The molecule has 1 amide bonds. The molecule has 3 rings (SSSR count). The predicted molar refractivity (Wildman–Crippen MR) is 104 cm³/mol. The van der Waals surface area contributed by atoms with Crippen molar-refractivity contribution >= 4 is 34.1 Å². The molecule has 0 saturated heterocycles. The molecule has 26 heavy (non-hydrogen) atoms. The van der Waals surface area contributed by atoms with Gasteiger partial charge in [0.05, 0.1) is 18.9 Å². The van der Waals surface area contributed by atoms with Gasteiger partial charge in [-0.05, 0) is 23.3 Å². The molecule has 0 bridgehead atoms. The summed E-state index contributed by atoms with van der Waals surface area (Å²) in [6.45, 7) is 0. The molecule has 1 heterocycles. The van der Waals surface area contributed by atoms with Gasteiger partial charge in [-0.2, -0.15) is 0 Å². The molecule has 8 heteroatoms. The van der Waals surface area contributed by atoms with Gasteiger partial charge >= 0.3 is 0 Å². The van der Waals surface area contributed by atoms with E-state index in [0.717, 1.165) is 16.9 Å². The molecule has 3 N–H and O–H groups in total. The molecule has 0 unspecified atom stereocenters. The second-order valence-corrected chi connectivity index (χ2v) is 7.61. The van der Waals surface area contributed by atoms with Crippen LogP contribution in [0.1, 0.15) is 17.2 Å². The minimum Gasteiger partial charge on any atom is -0.497 e. The number of amides is 1. The number of ether oxygens (including phenoxy) is 1. The van der Waals surface area contributed by atoms with Crippen molar-refractivity contribution in [3.8, 4) is 5.75 Å². The number of carbonyl (C=O) groups is 1. The number of carbonyl (C=O) groups excluding carboxylic acids is 1. The van der Waals surface area contributed by atoms with Gasteiger partial charge in [0, 0.05) is 0 Å². The molecule has 0 fully saturated rings. The lowest BCUT2D eigenvalue weighted by atomic mass is 9.98. The number of aromatic nitrogens is 2. The van der Waals surface area contributed by atoms with E-state index in [1.54, 1.807) is 7.11 Å². The van der Waals surface area contributed by atoms with Crippen LogP contribution in [0.3, 0.4) is 0 Å². The molecule has 0 aliphatic heterocycles. The minimum atomic E-state index is -0.241. The second kappa shape index (κ2) is 8.68. The Balaban J connectivity index is 1.73. The summed E-state index contributed by atoms with van der Waals surface area (Å²) in [4.78, 5) is 12.5. The third-order valence-electron chi connectivity index (χ3n) is 3.64. The SMILES string of the molecule is COc1ccc([C@@H](NC(=O)CSc2nnc(N)s2)c2ccccc2)cc1. The first-order valence-electron chi connectivity index (χ1n) is 7.86. The van der Waals surface area contributed by atoms with Crippen LogP contribution in [0, 0.1) is 0 Å². The number of thioether (sulfide) groups is 1.